The van der Waals surface area contributed by atoms with Crippen LogP contribution in [0.2, 0.25) is 0 Å². The smallest absolute Gasteiger partial charge is 0.319 e. The number of hydrogen-bond donors (Lipinski definition) is 5. The van der Waals surface area contributed by atoms with E-state index in [1.165, 1.54) is 0 Å². The molecule has 9 heteroatoms. The number of hydrogen-bond acceptors (Lipinski definition) is 4. The first-order valence-corrected chi connectivity index (χ1v) is 7.81. The highest BCUT2D eigenvalue weighted by Crippen LogP contribution is 2.14. The molecule has 0 saturated heterocycles. The van der Waals surface area contributed by atoms with Gasteiger partial charge in [0.25, 0.3) is 0 Å². The van der Waals surface area contributed by atoms with Crippen molar-refractivity contribution in [2.45, 2.75) is 26.8 Å². The monoisotopic (exact) mass is 371 g/mol. The van der Waals surface area contributed by atoms with E-state index in [1.807, 2.05) is 20.8 Å². The van der Waals surface area contributed by atoms with Gasteiger partial charge < -0.3 is 27.0 Å². The molecule has 1 rings (SSSR count). The van der Waals surface area contributed by atoms with Gasteiger partial charge in [0, 0.05) is 17.9 Å². The van der Waals surface area contributed by atoms with Crippen LogP contribution in [0.25, 0.3) is 0 Å². The van der Waals surface area contributed by atoms with E-state index in [0.29, 0.717) is 17.9 Å². The number of urea groups is 1. The van der Waals surface area contributed by atoms with E-state index in [-0.39, 0.29) is 42.7 Å². The third-order valence-electron chi connectivity index (χ3n) is 3.19. The third-order valence-corrected chi connectivity index (χ3v) is 3.19. The number of benzene rings is 1. The fourth-order valence-corrected chi connectivity index (χ4v) is 1.80. The first-order chi connectivity index (χ1) is 11.3. The van der Waals surface area contributed by atoms with Crippen LogP contribution < -0.4 is 27.0 Å². The number of halogens is 1. The Balaban J connectivity index is 0.00000576. The van der Waals surface area contributed by atoms with Crippen LogP contribution in [0.5, 0.6) is 0 Å². The lowest BCUT2D eigenvalue weighted by molar-refractivity contribution is -0.125. The van der Waals surface area contributed by atoms with E-state index in [0.717, 1.165) is 0 Å². The van der Waals surface area contributed by atoms with Crippen molar-refractivity contribution in [2.75, 3.05) is 23.7 Å². The summed E-state index contributed by atoms with van der Waals surface area (Å²) in [6, 6.07) is 5.73. The first-order valence-electron chi connectivity index (χ1n) is 7.81. The molecule has 0 aliphatic heterocycles. The fraction of sp³-hybridized carbons (Fsp3) is 0.438. The SMILES string of the molecule is CCNC(=O)Nc1cccc(NC(=O)CNC(=O)[C@@H](N)C(C)C)c1.Cl. The molecule has 1 aromatic rings. The summed E-state index contributed by atoms with van der Waals surface area (Å²) in [7, 11) is 0. The molecule has 0 aliphatic carbocycles. The molecule has 8 nitrogen and oxygen atoms in total. The number of carbonyl (C=O) groups excluding carboxylic acids is 3. The lowest BCUT2D eigenvalue weighted by Crippen LogP contribution is -2.46. The van der Waals surface area contributed by atoms with Crippen LogP contribution in [-0.4, -0.2) is 37.0 Å². The second-order valence-electron chi connectivity index (χ2n) is 5.60. The highest BCUT2D eigenvalue weighted by atomic mass is 35.5. The third kappa shape index (κ3) is 8.37. The maximum atomic E-state index is 11.9. The van der Waals surface area contributed by atoms with Crippen LogP contribution in [0.4, 0.5) is 16.2 Å². The Morgan fingerprint density at radius 1 is 1.08 bits per heavy atom. The zero-order valence-corrected chi connectivity index (χ0v) is 15.4. The number of nitrogens with two attached hydrogens (primary N) is 1. The molecule has 0 unspecified atom stereocenters. The Bertz CT molecular complexity index is 595. The van der Waals surface area contributed by atoms with E-state index >= 15 is 0 Å². The van der Waals surface area contributed by atoms with Crippen molar-refractivity contribution >= 4 is 41.6 Å². The summed E-state index contributed by atoms with van der Waals surface area (Å²) in [6.45, 7) is 5.82. The van der Waals surface area contributed by atoms with Crippen LogP contribution in [0.1, 0.15) is 20.8 Å². The van der Waals surface area contributed by atoms with Crippen molar-refractivity contribution in [3.8, 4) is 0 Å². The zero-order chi connectivity index (χ0) is 18.1. The Morgan fingerprint density at radius 2 is 1.68 bits per heavy atom. The summed E-state index contributed by atoms with van der Waals surface area (Å²) >= 11 is 0. The van der Waals surface area contributed by atoms with Gasteiger partial charge in [-0.3, -0.25) is 9.59 Å². The van der Waals surface area contributed by atoms with Gasteiger partial charge in [-0.15, -0.1) is 12.4 Å². The summed E-state index contributed by atoms with van der Waals surface area (Å²) in [5, 5.41) is 10.4. The number of anilines is 2. The molecule has 0 radical (unpaired) electrons. The van der Waals surface area contributed by atoms with Gasteiger partial charge in [-0.25, -0.2) is 4.79 Å². The van der Waals surface area contributed by atoms with Crippen molar-refractivity contribution < 1.29 is 14.4 Å². The summed E-state index contributed by atoms with van der Waals surface area (Å²) in [4.78, 5) is 35.1. The summed E-state index contributed by atoms with van der Waals surface area (Å²) in [5.41, 5.74) is 6.76. The topological polar surface area (TPSA) is 125 Å². The maximum absolute atomic E-state index is 11.9. The van der Waals surface area contributed by atoms with E-state index < -0.39 is 6.04 Å². The number of carbonyl (C=O) groups is 3. The average molecular weight is 372 g/mol. The largest absolute Gasteiger partial charge is 0.346 e. The van der Waals surface area contributed by atoms with Crippen molar-refractivity contribution in [3.05, 3.63) is 24.3 Å². The zero-order valence-electron chi connectivity index (χ0n) is 14.6. The highest BCUT2D eigenvalue weighted by molar-refractivity contribution is 5.96. The van der Waals surface area contributed by atoms with Gasteiger partial charge in [0.1, 0.15) is 0 Å². The van der Waals surface area contributed by atoms with Gasteiger partial charge >= 0.3 is 6.03 Å². The maximum Gasteiger partial charge on any atom is 0.319 e. The predicted molar refractivity (Wildman–Crippen MR) is 101 cm³/mol. The molecule has 0 aliphatic rings. The average Bonchev–Trinajstić information content (AvgIpc) is 2.52. The number of amides is 4. The molecule has 4 amide bonds. The molecule has 1 atom stereocenters. The molecule has 0 saturated carbocycles. The predicted octanol–water partition coefficient (Wildman–Crippen LogP) is 1.29. The molecule has 1 aromatic carbocycles. The number of nitrogens with one attached hydrogen (secondary N) is 4. The van der Waals surface area contributed by atoms with E-state index in [4.69, 9.17) is 5.73 Å². The minimum absolute atomic E-state index is 0. The molecule has 6 N–H and O–H groups in total. The summed E-state index contributed by atoms with van der Waals surface area (Å²) in [6.07, 6.45) is 0. The van der Waals surface area contributed by atoms with Crippen LogP contribution in [0, 0.1) is 5.92 Å². The Labute approximate surface area is 153 Å². The van der Waals surface area contributed by atoms with Gasteiger partial charge in [0.15, 0.2) is 0 Å². The Hall–Kier alpha value is -2.32. The normalized spacial score (nSPS) is 11.1. The number of rotatable bonds is 7. The van der Waals surface area contributed by atoms with Crippen LogP contribution >= 0.6 is 12.4 Å². The van der Waals surface area contributed by atoms with Gasteiger partial charge in [0.2, 0.25) is 11.8 Å². The van der Waals surface area contributed by atoms with Gasteiger partial charge in [-0.2, -0.15) is 0 Å². The van der Waals surface area contributed by atoms with E-state index in [2.05, 4.69) is 21.3 Å². The van der Waals surface area contributed by atoms with Gasteiger partial charge in [0.05, 0.1) is 12.6 Å². The second-order valence-corrected chi connectivity index (χ2v) is 5.60. The molecule has 25 heavy (non-hydrogen) atoms. The van der Waals surface area contributed by atoms with Crippen LogP contribution in [-0.2, 0) is 9.59 Å². The Kier molecular flexibility index (Phi) is 10.2. The minimum atomic E-state index is -0.651. The van der Waals surface area contributed by atoms with Gasteiger partial charge in [-0.1, -0.05) is 19.9 Å². The molecule has 140 valence electrons. The first kappa shape index (κ1) is 22.7. The van der Waals surface area contributed by atoms with Crippen molar-refractivity contribution in [1.29, 1.82) is 0 Å². The standard InChI is InChI=1S/C16H25N5O3.ClH/c1-4-18-16(24)21-12-7-5-6-11(8-12)20-13(22)9-19-15(23)14(17)10(2)3;/h5-8,10,14H,4,9,17H2,1-3H3,(H,19,23)(H,20,22)(H2,18,21,24);1H/t14-;/m0./s1. The quantitative estimate of drug-likeness (QED) is 0.495. The van der Waals surface area contributed by atoms with Crippen LogP contribution in [0.15, 0.2) is 24.3 Å². The fourth-order valence-electron chi connectivity index (χ4n) is 1.80. The second kappa shape index (κ2) is 11.3. The van der Waals surface area contributed by atoms with Crippen molar-refractivity contribution in [3.63, 3.8) is 0 Å². The molecular formula is C16H26ClN5O3. The molecular weight excluding hydrogens is 346 g/mol. The summed E-state index contributed by atoms with van der Waals surface area (Å²) in [5.74, 6) is -0.758. The van der Waals surface area contributed by atoms with Crippen molar-refractivity contribution in [2.24, 2.45) is 11.7 Å². The summed E-state index contributed by atoms with van der Waals surface area (Å²) < 4.78 is 0. The molecule has 0 aromatic heterocycles. The highest BCUT2D eigenvalue weighted by Gasteiger charge is 2.17. The van der Waals surface area contributed by atoms with E-state index in [9.17, 15) is 14.4 Å². The molecule has 0 bridgehead atoms. The van der Waals surface area contributed by atoms with E-state index in [1.54, 1.807) is 24.3 Å². The van der Waals surface area contributed by atoms with Crippen LogP contribution in [0.3, 0.4) is 0 Å². The molecule has 0 spiro atoms. The molecule has 0 fully saturated rings. The van der Waals surface area contributed by atoms with Crippen molar-refractivity contribution in [1.82, 2.24) is 10.6 Å². The minimum Gasteiger partial charge on any atom is -0.346 e. The molecule has 0 heterocycles. The lowest BCUT2D eigenvalue weighted by Gasteiger charge is -2.15. The lowest BCUT2D eigenvalue weighted by atomic mass is 10.1. The van der Waals surface area contributed by atoms with Gasteiger partial charge in [-0.05, 0) is 31.0 Å². The Morgan fingerprint density at radius 3 is 2.24 bits per heavy atom.